The Kier molecular flexibility index (Phi) is 5.27. The van der Waals surface area contributed by atoms with Crippen molar-refractivity contribution in [3.8, 4) is 0 Å². The smallest absolute Gasteiger partial charge is 0.0643 e. The predicted octanol–water partition coefficient (Wildman–Crippen LogP) is 5.91. The minimum Gasteiger partial charge on any atom is -0.308 e. The van der Waals surface area contributed by atoms with Crippen molar-refractivity contribution in [3.63, 3.8) is 0 Å². The van der Waals surface area contributed by atoms with E-state index in [1.54, 1.807) is 0 Å². The summed E-state index contributed by atoms with van der Waals surface area (Å²) in [4.78, 5) is 2.48. The molecule has 0 aromatic heterocycles. The lowest BCUT2D eigenvalue weighted by molar-refractivity contribution is 1.29. The van der Waals surface area contributed by atoms with E-state index in [0.29, 0.717) is 0 Å². The maximum Gasteiger partial charge on any atom is 0.0643 e. The molecule has 2 aliphatic rings. The number of para-hydroxylation sites is 1. The largest absolute Gasteiger partial charge is 0.308 e. The molecular formula is C32H25NP2S2. The van der Waals surface area contributed by atoms with Crippen molar-refractivity contribution >= 4 is 84.6 Å². The van der Waals surface area contributed by atoms with Crippen molar-refractivity contribution in [1.29, 1.82) is 0 Å². The van der Waals surface area contributed by atoms with Crippen LogP contribution in [0.2, 0.25) is 0 Å². The standard InChI is InChI=1S/C32H25NP2S2/c1-22-16-18-28-26(20-22)33-27-21-23(2)17-19-29(27)35(37,25-12-7-4-8-13-25)31-15-9-14-30(32(31)33)34(28,36)24-10-5-3-6-11-24/h3-21H,1-2H3. The highest BCUT2D eigenvalue weighted by molar-refractivity contribution is 8.27. The molecule has 37 heavy (non-hydrogen) atoms. The van der Waals surface area contributed by atoms with Crippen LogP contribution in [0.25, 0.3) is 0 Å². The molecule has 0 bridgehead atoms. The molecule has 0 fully saturated rings. The summed E-state index contributed by atoms with van der Waals surface area (Å²) in [7, 11) is 0. The van der Waals surface area contributed by atoms with Gasteiger partial charge in [0.2, 0.25) is 0 Å². The van der Waals surface area contributed by atoms with Gasteiger partial charge in [-0.3, -0.25) is 0 Å². The van der Waals surface area contributed by atoms with Crippen LogP contribution in [-0.4, -0.2) is 0 Å². The van der Waals surface area contributed by atoms with Crippen LogP contribution in [0.15, 0.2) is 115 Å². The number of aryl methyl sites for hydroxylation is 2. The Morgan fingerprint density at radius 2 is 0.919 bits per heavy atom. The van der Waals surface area contributed by atoms with E-state index in [1.807, 2.05) is 0 Å². The lowest BCUT2D eigenvalue weighted by Crippen LogP contribution is -2.45. The molecule has 0 radical (unpaired) electrons. The second kappa shape index (κ2) is 8.35. The molecule has 0 amide bonds. The van der Waals surface area contributed by atoms with Crippen molar-refractivity contribution in [2.75, 3.05) is 4.90 Å². The van der Waals surface area contributed by atoms with E-state index < -0.39 is 12.1 Å². The number of nitrogens with zero attached hydrogens (tertiary/aromatic N) is 1. The first-order valence-corrected chi connectivity index (χ1v) is 18.0. The average Bonchev–Trinajstić information content (AvgIpc) is 2.93. The Bertz CT molecular complexity index is 1680. The predicted molar refractivity (Wildman–Crippen MR) is 170 cm³/mol. The Balaban J connectivity index is 1.68. The normalized spacial score (nSPS) is 21.1. The minimum absolute atomic E-state index is 1.20. The van der Waals surface area contributed by atoms with E-state index in [1.165, 1.54) is 60.0 Å². The zero-order chi connectivity index (χ0) is 25.4. The molecule has 0 aliphatic carbocycles. The van der Waals surface area contributed by atoms with Gasteiger partial charge < -0.3 is 4.90 Å². The summed E-state index contributed by atoms with van der Waals surface area (Å²) in [6.07, 6.45) is 0. The number of anilines is 3. The zero-order valence-corrected chi connectivity index (χ0v) is 24.0. The first-order valence-electron chi connectivity index (χ1n) is 12.4. The topological polar surface area (TPSA) is 3.24 Å². The Morgan fingerprint density at radius 3 is 1.35 bits per heavy atom. The molecule has 0 saturated heterocycles. The third-order valence-electron chi connectivity index (χ3n) is 7.56. The number of hydrogen-bond acceptors (Lipinski definition) is 3. The highest BCUT2D eigenvalue weighted by Crippen LogP contribution is 2.60. The van der Waals surface area contributed by atoms with Gasteiger partial charge in [-0.2, -0.15) is 0 Å². The van der Waals surface area contributed by atoms with E-state index in [2.05, 4.69) is 134 Å². The molecule has 5 aromatic rings. The monoisotopic (exact) mass is 549 g/mol. The van der Waals surface area contributed by atoms with Gasteiger partial charge in [0.05, 0.1) is 17.1 Å². The van der Waals surface area contributed by atoms with Crippen LogP contribution >= 0.6 is 12.1 Å². The van der Waals surface area contributed by atoms with Crippen LogP contribution < -0.4 is 36.7 Å². The van der Waals surface area contributed by atoms with Crippen LogP contribution in [0.1, 0.15) is 11.1 Å². The first-order chi connectivity index (χ1) is 17.9. The maximum atomic E-state index is 6.84. The van der Waals surface area contributed by atoms with Gasteiger partial charge in [0.1, 0.15) is 0 Å². The second-order valence-electron chi connectivity index (χ2n) is 9.85. The first kappa shape index (κ1) is 23.3. The molecule has 0 N–H and O–H groups in total. The van der Waals surface area contributed by atoms with Gasteiger partial charge in [-0.1, -0.05) is 127 Å². The van der Waals surface area contributed by atoms with Crippen LogP contribution in [0.5, 0.6) is 0 Å². The van der Waals surface area contributed by atoms with E-state index in [-0.39, 0.29) is 0 Å². The molecule has 2 aliphatic heterocycles. The lowest BCUT2D eigenvalue weighted by atomic mass is 10.1. The van der Waals surface area contributed by atoms with E-state index >= 15 is 0 Å². The van der Waals surface area contributed by atoms with Gasteiger partial charge in [0.15, 0.2) is 0 Å². The molecular weight excluding hydrogens is 524 g/mol. The quantitative estimate of drug-likeness (QED) is 0.247. The summed E-state index contributed by atoms with van der Waals surface area (Å²) >= 11 is 13.7. The van der Waals surface area contributed by atoms with E-state index in [4.69, 9.17) is 23.6 Å². The van der Waals surface area contributed by atoms with Gasteiger partial charge in [-0.15, -0.1) is 0 Å². The van der Waals surface area contributed by atoms with Crippen LogP contribution in [0, 0.1) is 13.8 Å². The van der Waals surface area contributed by atoms with Crippen molar-refractivity contribution in [1.82, 2.24) is 0 Å². The Labute approximate surface area is 228 Å². The molecule has 5 heteroatoms. The van der Waals surface area contributed by atoms with E-state index in [0.717, 1.165) is 0 Å². The highest BCUT2D eigenvalue weighted by atomic mass is 32.4. The molecule has 1 nitrogen and oxygen atoms in total. The molecule has 2 heterocycles. The molecule has 7 rings (SSSR count). The third kappa shape index (κ3) is 3.16. The molecule has 180 valence electrons. The molecule has 5 aromatic carbocycles. The van der Waals surface area contributed by atoms with Gasteiger partial charge in [0, 0.05) is 33.3 Å². The number of rotatable bonds is 2. The number of hydrogen-bond donors (Lipinski definition) is 0. The Hall–Kier alpha value is -2.80. The van der Waals surface area contributed by atoms with Crippen LogP contribution in [0.3, 0.4) is 0 Å². The lowest BCUT2D eigenvalue weighted by Gasteiger charge is -2.47. The summed E-state index contributed by atoms with van der Waals surface area (Å²) in [5.41, 5.74) is 6.09. The highest BCUT2D eigenvalue weighted by Gasteiger charge is 2.45. The SMILES string of the molecule is Cc1ccc2c(c1)N1c3cc(C)ccc3P(=S)(c3ccccc3)c3cccc(c31)P2(=S)c1ccccc1. The number of fused-ring (bicyclic) bond motifs is 4. The Morgan fingerprint density at radius 1 is 0.486 bits per heavy atom. The van der Waals surface area contributed by atoms with Crippen molar-refractivity contribution in [2.45, 2.75) is 13.8 Å². The fourth-order valence-corrected chi connectivity index (χ4v) is 14.5. The average molecular weight is 550 g/mol. The van der Waals surface area contributed by atoms with Gasteiger partial charge in [-0.25, -0.2) is 0 Å². The van der Waals surface area contributed by atoms with Crippen molar-refractivity contribution in [2.24, 2.45) is 0 Å². The van der Waals surface area contributed by atoms with Gasteiger partial charge in [-0.05, 0) is 47.7 Å². The molecule has 2 atom stereocenters. The van der Waals surface area contributed by atoms with Crippen LogP contribution in [-0.2, 0) is 23.6 Å². The van der Waals surface area contributed by atoms with E-state index in [9.17, 15) is 0 Å². The fourth-order valence-electron chi connectivity index (χ4n) is 5.88. The van der Waals surface area contributed by atoms with Crippen molar-refractivity contribution in [3.05, 3.63) is 126 Å². The minimum atomic E-state index is -2.32. The molecule has 2 unspecified atom stereocenters. The van der Waals surface area contributed by atoms with Crippen LogP contribution in [0.4, 0.5) is 17.1 Å². The summed E-state index contributed by atoms with van der Waals surface area (Å²) in [5.74, 6) is 0. The van der Waals surface area contributed by atoms with Gasteiger partial charge in [0.25, 0.3) is 0 Å². The van der Waals surface area contributed by atoms with Crippen molar-refractivity contribution < 1.29 is 0 Å². The summed E-state index contributed by atoms with van der Waals surface area (Å²) in [5, 5.41) is 7.47. The summed E-state index contributed by atoms with van der Waals surface area (Å²) < 4.78 is 0. The summed E-state index contributed by atoms with van der Waals surface area (Å²) in [6.45, 7) is 4.34. The maximum absolute atomic E-state index is 6.84. The third-order valence-corrected chi connectivity index (χ3v) is 17.4. The molecule has 0 saturated carbocycles. The number of benzene rings is 5. The summed E-state index contributed by atoms with van der Waals surface area (Å²) in [6, 6.07) is 37.2. The zero-order valence-electron chi connectivity index (χ0n) is 20.6. The van der Waals surface area contributed by atoms with Gasteiger partial charge >= 0.3 is 0 Å². The molecule has 0 spiro atoms. The fraction of sp³-hybridized carbons (Fsp3) is 0.0625. The second-order valence-corrected chi connectivity index (χ2v) is 18.5.